The number of anilines is 2. The maximum Gasteiger partial charge on any atom is 0.247 e. The van der Waals surface area contributed by atoms with Crippen molar-refractivity contribution in [3.63, 3.8) is 0 Å². The molecular formula is C32H33N5O3. The van der Waals surface area contributed by atoms with Crippen LogP contribution in [0, 0.1) is 0 Å². The molecule has 2 aliphatic heterocycles. The number of aromatic nitrogens is 1. The number of carbonyl (C=O) groups is 3. The minimum atomic E-state index is -0.455. The second-order valence-electron chi connectivity index (χ2n) is 10.6. The van der Waals surface area contributed by atoms with Gasteiger partial charge < -0.3 is 25.8 Å². The Morgan fingerprint density at radius 3 is 2.38 bits per heavy atom. The molecule has 1 unspecified atom stereocenters. The highest BCUT2D eigenvalue weighted by Crippen LogP contribution is 2.28. The zero-order valence-corrected chi connectivity index (χ0v) is 22.3. The molecule has 6 rings (SSSR count). The summed E-state index contributed by atoms with van der Waals surface area (Å²) in [5.41, 5.74) is 5.33. The van der Waals surface area contributed by atoms with Gasteiger partial charge in [0.25, 0.3) is 0 Å². The van der Waals surface area contributed by atoms with Crippen LogP contribution in [0.1, 0.15) is 31.2 Å². The second-order valence-corrected chi connectivity index (χ2v) is 10.6. The predicted octanol–water partition coefficient (Wildman–Crippen LogP) is 4.70. The fourth-order valence-corrected chi connectivity index (χ4v) is 5.67. The summed E-state index contributed by atoms with van der Waals surface area (Å²) in [5.74, 6) is -0.165. The molecule has 204 valence electrons. The van der Waals surface area contributed by atoms with Crippen molar-refractivity contribution < 1.29 is 14.4 Å². The Morgan fingerprint density at radius 2 is 1.60 bits per heavy atom. The standard InChI is InChI=1S/C32H33N5O3/c38-30(18-21-6-2-1-3-7-21)37-17-5-9-29(37)32(40)34-24-12-10-22(11-13-24)28-20-23-19-25(14-15-26(23)36-28)35-31(39)27-8-4-16-33-27/h1-3,6-7,10-15,19-20,27,29,33,36H,4-5,8-9,16-18H2,(H,34,40)(H,35,39)/t27?,29-/m0/s1. The van der Waals surface area contributed by atoms with Crippen molar-refractivity contribution in [1.29, 1.82) is 0 Å². The average molecular weight is 536 g/mol. The molecule has 0 radical (unpaired) electrons. The number of carbonyl (C=O) groups excluding carboxylic acids is 3. The van der Waals surface area contributed by atoms with Gasteiger partial charge in [0.15, 0.2) is 0 Å². The van der Waals surface area contributed by atoms with Crippen LogP contribution in [0.2, 0.25) is 0 Å². The Bertz CT molecular complexity index is 1520. The van der Waals surface area contributed by atoms with Gasteiger partial charge in [0, 0.05) is 34.5 Å². The van der Waals surface area contributed by atoms with Crippen molar-refractivity contribution in [3.8, 4) is 11.3 Å². The van der Waals surface area contributed by atoms with E-state index in [1.165, 1.54) is 0 Å². The summed E-state index contributed by atoms with van der Waals surface area (Å²) in [6.45, 7) is 1.49. The van der Waals surface area contributed by atoms with Crippen LogP contribution in [0.5, 0.6) is 0 Å². The van der Waals surface area contributed by atoms with E-state index in [0.717, 1.165) is 59.2 Å². The normalized spacial score (nSPS) is 18.6. The largest absolute Gasteiger partial charge is 0.355 e. The maximum atomic E-state index is 13.1. The number of nitrogens with zero attached hydrogens (tertiary/aromatic N) is 1. The van der Waals surface area contributed by atoms with Crippen molar-refractivity contribution in [2.24, 2.45) is 0 Å². The first-order valence-electron chi connectivity index (χ1n) is 14.0. The smallest absolute Gasteiger partial charge is 0.247 e. The van der Waals surface area contributed by atoms with Gasteiger partial charge in [-0.3, -0.25) is 14.4 Å². The summed E-state index contributed by atoms with van der Waals surface area (Å²) < 4.78 is 0. The van der Waals surface area contributed by atoms with Crippen LogP contribution in [0.3, 0.4) is 0 Å². The van der Waals surface area contributed by atoms with E-state index in [1.807, 2.05) is 72.8 Å². The third-order valence-electron chi connectivity index (χ3n) is 7.80. The highest BCUT2D eigenvalue weighted by molar-refractivity contribution is 5.99. The minimum absolute atomic E-state index is 0.00605. The average Bonchev–Trinajstić information content (AvgIpc) is 3.75. The quantitative estimate of drug-likeness (QED) is 0.275. The van der Waals surface area contributed by atoms with E-state index in [1.54, 1.807) is 4.90 Å². The van der Waals surface area contributed by atoms with Crippen LogP contribution < -0.4 is 16.0 Å². The molecule has 8 nitrogen and oxygen atoms in total. The van der Waals surface area contributed by atoms with Gasteiger partial charge in [0.1, 0.15) is 6.04 Å². The van der Waals surface area contributed by atoms with E-state index in [4.69, 9.17) is 0 Å². The molecule has 0 aliphatic carbocycles. The lowest BCUT2D eigenvalue weighted by atomic mass is 10.1. The van der Waals surface area contributed by atoms with Crippen LogP contribution in [0.4, 0.5) is 11.4 Å². The number of fused-ring (bicyclic) bond motifs is 1. The van der Waals surface area contributed by atoms with Crippen molar-refractivity contribution in [1.82, 2.24) is 15.2 Å². The molecule has 3 aromatic carbocycles. The summed E-state index contributed by atoms with van der Waals surface area (Å²) in [7, 11) is 0. The van der Waals surface area contributed by atoms with E-state index in [0.29, 0.717) is 25.1 Å². The summed E-state index contributed by atoms with van der Waals surface area (Å²) in [5, 5.41) is 10.2. The summed E-state index contributed by atoms with van der Waals surface area (Å²) in [6.07, 6.45) is 3.67. The van der Waals surface area contributed by atoms with Gasteiger partial charge in [0.2, 0.25) is 17.7 Å². The van der Waals surface area contributed by atoms with E-state index < -0.39 is 6.04 Å². The van der Waals surface area contributed by atoms with E-state index in [-0.39, 0.29) is 23.8 Å². The molecule has 2 fully saturated rings. The Kier molecular flexibility index (Phi) is 7.33. The van der Waals surface area contributed by atoms with Gasteiger partial charge in [0.05, 0.1) is 12.5 Å². The zero-order chi connectivity index (χ0) is 27.5. The molecule has 3 amide bonds. The summed E-state index contributed by atoms with van der Waals surface area (Å²) in [4.78, 5) is 43.6. The molecule has 2 saturated heterocycles. The molecule has 2 aliphatic rings. The maximum absolute atomic E-state index is 13.1. The summed E-state index contributed by atoms with van der Waals surface area (Å²) in [6, 6.07) is 24.6. The van der Waals surface area contributed by atoms with Gasteiger partial charge in [-0.25, -0.2) is 0 Å². The third kappa shape index (κ3) is 5.62. The fourth-order valence-electron chi connectivity index (χ4n) is 5.67. The van der Waals surface area contributed by atoms with Gasteiger partial charge >= 0.3 is 0 Å². The third-order valence-corrected chi connectivity index (χ3v) is 7.80. The number of likely N-dealkylation sites (tertiary alicyclic amines) is 1. The summed E-state index contributed by atoms with van der Waals surface area (Å²) >= 11 is 0. The molecule has 4 N–H and O–H groups in total. The van der Waals surface area contributed by atoms with Crippen LogP contribution in [-0.4, -0.2) is 52.8 Å². The van der Waals surface area contributed by atoms with E-state index in [9.17, 15) is 14.4 Å². The predicted molar refractivity (Wildman–Crippen MR) is 157 cm³/mol. The van der Waals surface area contributed by atoms with Crippen LogP contribution in [0.25, 0.3) is 22.2 Å². The lowest BCUT2D eigenvalue weighted by Gasteiger charge is -2.24. The minimum Gasteiger partial charge on any atom is -0.355 e. The van der Waals surface area contributed by atoms with Crippen molar-refractivity contribution in [2.45, 2.75) is 44.2 Å². The first-order chi connectivity index (χ1) is 19.5. The number of benzene rings is 3. The number of aromatic amines is 1. The topological polar surface area (TPSA) is 106 Å². The van der Waals surface area contributed by atoms with Gasteiger partial charge in [-0.15, -0.1) is 0 Å². The molecule has 2 atom stereocenters. The first-order valence-corrected chi connectivity index (χ1v) is 14.0. The molecule has 0 saturated carbocycles. The van der Waals surface area contributed by atoms with Crippen molar-refractivity contribution >= 4 is 40.0 Å². The first kappa shape index (κ1) is 25.8. The number of rotatable bonds is 7. The highest BCUT2D eigenvalue weighted by Gasteiger charge is 2.34. The van der Waals surface area contributed by atoms with Crippen LogP contribution >= 0.6 is 0 Å². The SMILES string of the molecule is O=C(Nc1ccc2[nH]c(-c3ccc(NC(=O)[C@@H]4CCCN4C(=O)Cc4ccccc4)cc3)cc2c1)C1CCCN1. The monoisotopic (exact) mass is 535 g/mol. The highest BCUT2D eigenvalue weighted by atomic mass is 16.2. The Morgan fingerprint density at radius 1 is 0.825 bits per heavy atom. The zero-order valence-electron chi connectivity index (χ0n) is 22.3. The van der Waals surface area contributed by atoms with Crippen LogP contribution in [-0.2, 0) is 20.8 Å². The Labute approximate surface area is 233 Å². The molecule has 0 bridgehead atoms. The van der Waals surface area contributed by atoms with E-state index >= 15 is 0 Å². The van der Waals surface area contributed by atoms with E-state index in [2.05, 4.69) is 27.0 Å². The molecule has 8 heteroatoms. The second kappa shape index (κ2) is 11.4. The lowest BCUT2D eigenvalue weighted by Crippen LogP contribution is -2.43. The van der Waals surface area contributed by atoms with Gasteiger partial charge in [-0.2, -0.15) is 0 Å². The molecular weight excluding hydrogens is 502 g/mol. The fraction of sp³-hybridized carbons (Fsp3) is 0.281. The number of amides is 3. The van der Waals surface area contributed by atoms with Gasteiger partial charge in [-0.1, -0.05) is 42.5 Å². The lowest BCUT2D eigenvalue weighted by molar-refractivity contribution is -0.136. The number of hydrogen-bond donors (Lipinski definition) is 4. The van der Waals surface area contributed by atoms with Gasteiger partial charge in [-0.05, 0) is 79.8 Å². The molecule has 40 heavy (non-hydrogen) atoms. The molecule has 0 spiro atoms. The Hall–Kier alpha value is -4.43. The Balaban J connectivity index is 1.09. The number of nitrogens with one attached hydrogen (secondary N) is 4. The molecule has 1 aromatic heterocycles. The molecule has 4 aromatic rings. The number of hydrogen-bond acceptors (Lipinski definition) is 4. The van der Waals surface area contributed by atoms with Crippen molar-refractivity contribution in [3.05, 3.63) is 84.4 Å². The van der Waals surface area contributed by atoms with Crippen molar-refractivity contribution in [2.75, 3.05) is 23.7 Å². The molecule has 3 heterocycles. The van der Waals surface area contributed by atoms with Crippen LogP contribution in [0.15, 0.2) is 78.9 Å². The number of H-pyrrole nitrogens is 1.